The first-order valence-corrected chi connectivity index (χ1v) is 4.97. The summed E-state index contributed by atoms with van der Waals surface area (Å²) in [5.41, 5.74) is 1.99. The molecule has 0 fully saturated rings. The molecule has 1 heterocycles. The molecule has 3 heteroatoms. The molecule has 3 nitrogen and oxygen atoms in total. The summed E-state index contributed by atoms with van der Waals surface area (Å²) in [5, 5.41) is 0. The van der Waals surface area contributed by atoms with Crippen molar-refractivity contribution >= 4 is 0 Å². The van der Waals surface area contributed by atoms with E-state index >= 15 is 0 Å². The Hall–Kier alpha value is -2.03. The summed E-state index contributed by atoms with van der Waals surface area (Å²) in [6.07, 6.45) is 3.55. The van der Waals surface area contributed by atoms with Crippen LogP contribution in [0, 0.1) is 0 Å². The molecule has 2 rings (SSSR count). The smallest absolute Gasteiger partial charge is 0.127 e. The quantitative estimate of drug-likeness (QED) is 0.788. The Bertz CT molecular complexity index is 469. The van der Waals surface area contributed by atoms with Crippen LogP contribution in [0.2, 0.25) is 0 Å². The second-order valence-corrected chi connectivity index (χ2v) is 3.31. The van der Waals surface area contributed by atoms with Crippen LogP contribution in [0.3, 0.4) is 0 Å². The molecule has 16 heavy (non-hydrogen) atoms. The second kappa shape index (κ2) is 4.66. The van der Waals surface area contributed by atoms with Gasteiger partial charge in [-0.1, -0.05) is 6.07 Å². The van der Waals surface area contributed by atoms with Crippen molar-refractivity contribution in [3.63, 3.8) is 0 Å². The van der Waals surface area contributed by atoms with Gasteiger partial charge in [0.05, 0.1) is 14.2 Å². The maximum atomic E-state index is 5.32. The van der Waals surface area contributed by atoms with Crippen molar-refractivity contribution in [3.05, 3.63) is 42.7 Å². The Balaban J connectivity index is 2.53. The maximum absolute atomic E-state index is 5.32. The maximum Gasteiger partial charge on any atom is 0.127 e. The number of pyridine rings is 1. The van der Waals surface area contributed by atoms with E-state index in [9.17, 15) is 0 Å². The minimum Gasteiger partial charge on any atom is -0.497 e. The Labute approximate surface area is 94.7 Å². The Morgan fingerprint density at radius 3 is 2.56 bits per heavy atom. The van der Waals surface area contributed by atoms with Gasteiger partial charge in [0.15, 0.2) is 0 Å². The first-order valence-electron chi connectivity index (χ1n) is 4.97. The molecule has 0 saturated carbocycles. The number of benzene rings is 1. The molecule has 0 unspecified atom stereocenters. The highest BCUT2D eigenvalue weighted by Gasteiger charge is 2.06. The van der Waals surface area contributed by atoms with E-state index in [1.807, 2.05) is 30.3 Å². The zero-order chi connectivity index (χ0) is 11.4. The van der Waals surface area contributed by atoms with E-state index in [-0.39, 0.29) is 0 Å². The average Bonchev–Trinajstić information content (AvgIpc) is 2.39. The Morgan fingerprint density at radius 1 is 1.06 bits per heavy atom. The standard InChI is InChI=1S/C13H13NO2/c1-15-11-5-6-13(16-2)12(8-11)10-4-3-7-14-9-10/h3-9H,1-2H3. The number of rotatable bonds is 3. The molecule has 0 spiro atoms. The van der Waals surface area contributed by atoms with E-state index < -0.39 is 0 Å². The number of hydrogen-bond donors (Lipinski definition) is 0. The van der Waals surface area contributed by atoms with Crippen molar-refractivity contribution in [2.75, 3.05) is 14.2 Å². The average molecular weight is 215 g/mol. The molecule has 0 bridgehead atoms. The van der Waals surface area contributed by atoms with Crippen LogP contribution in [-0.4, -0.2) is 19.2 Å². The topological polar surface area (TPSA) is 31.4 Å². The summed E-state index contributed by atoms with van der Waals surface area (Å²) in [7, 11) is 3.30. The molecule has 0 aliphatic rings. The third-order valence-electron chi connectivity index (χ3n) is 2.38. The van der Waals surface area contributed by atoms with Crippen molar-refractivity contribution in [3.8, 4) is 22.6 Å². The minimum absolute atomic E-state index is 0.805. The molecule has 1 aromatic carbocycles. The lowest BCUT2D eigenvalue weighted by molar-refractivity contribution is 0.404. The van der Waals surface area contributed by atoms with E-state index in [1.54, 1.807) is 26.6 Å². The monoisotopic (exact) mass is 215 g/mol. The van der Waals surface area contributed by atoms with E-state index in [0.717, 1.165) is 22.6 Å². The fourth-order valence-electron chi connectivity index (χ4n) is 1.56. The van der Waals surface area contributed by atoms with Crippen molar-refractivity contribution in [2.45, 2.75) is 0 Å². The molecule has 1 aromatic heterocycles. The van der Waals surface area contributed by atoms with Crippen molar-refractivity contribution in [1.82, 2.24) is 4.98 Å². The van der Waals surface area contributed by atoms with Gasteiger partial charge in [0.1, 0.15) is 11.5 Å². The van der Waals surface area contributed by atoms with Gasteiger partial charge >= 0.3 is 0 Å². The first-order chi connectivity index (χ1) is 7.85. The normalized spacial score (nSPS) is 9.88. The molecular formula is C13H13NO2. The highest BCUT2D eigenvalue weighted by atomic mass is 16.5. The molecule has 0 amide bonds. The summed E-state index contributed by atoms with van der Waals surface area (Å²) in [6.45, 7) is 0. The lowest BCUT2D eigenvalue weighted by atomic mass is 10.1. The lowest BCUT2D eigenvalue weighted by Gasteiger charge is -2.10. The van der Waals surface area contributed by atoms with Gasteiger partial charge in [-0.25, -0.2) is 0 Å². The van der Waals surface area contributed by atoms with Crippen LogP contribution in [0.4, 0.5) is 0 Å². The highest BCUT2D eigenvalue weighted by Crippen LogP contribution is 2.32. The van der Waals surface area contributed by atoms with Gasteiger partial charge in [-0.2, -0.15) is 0 Å². The largest absolute Gasteiger partial charge is 0.497 e. The predicted molar refractivity (Wildman–Crippen MR) is 62.8 cm³/mol. The van der Waals surface area contributed by atoms with Crippen LogP contribution in [0.1, 0.15) is 0 Å². The van der Waals surface area contributed by atoms with Crippen molar-refractivity contribution in [2.24, 2.45) is 0 Å². The summed E-state index contributed by atoms with van der Waals surface area (Å²) in [6, 6.07) is 9.59. The van der Waals surface area contributed by atoms with Gasteiger partial charge in [0, 0.05) is 23.5 Å². The number of ether oxygens (including phenoxy) is 2. The molecular weight excluding hydrogens is 202 g/mol. The van der Waals surface area contributed by atoms with Crippen molar-refractivity contribution < 1.29 is 9.47 Å². The summed E-state index contributed by atoms with van der Waals surface area (Å²) in [5.74, 6) is 1.62. The number of methoxy groups -OCH3 is 2. The third-order valence-corrected chi connectivity index (χ3v) is 2.38. The second-order valence-electron chi connectivity index (χ2n) is 3.31. The number of aromatic nitrogens is 1. The summed E-state index contributed by atoms with van der Waals surface area (Å²) < 4.78 is 10.5. The number of nitrogens with zero attached hydrogens (tertiary/aromatic N) is 1. The zero-order valence-electron chi connectivity index (χ0n) is 9.31. The molecule has 0 saturated heterocycles. The van der Waals surface area contributed by atoms with Crippen LogP contribution in [0.25, 0.3) is 11.1 Å². The van der Waals surface area contributed by atoms with Gasteiger partial charge in [0.25, 0.3) is 0 Å². The molecule has 0 radical (unpaired) electrons. The molecule has 2 aromatic rings. The van der Waals surface area contributed by atoms with Gasteiger partial charge < -0.3 is 9.47 Å². The summed E-state index contributed by atoms with van der Waals surface area (Å²) in [4.78, 5) is 4.10. The fraction of sp³-hybridized carbons (Fsp3) is 0.154. The van der Waals surface area contributed by atoms with Crippen LogP contribution in [-0.2, 0) is 0 Å². The van der Waals surface area contributed by atoms with E-state index in [2.05, 4.69) is 4.98 Å². The van der Waals surface area contributed by atoms with Crippen LogP contribution < -0.4 is 9.47 Å². The molecule has 82 valence electrons. The van der Waals surface area contributed by atoms with Gasteiger partial charge in [-0.15, -0.1) is 0 Å². The van der Waals surface area contributed by atoms with Gasteiger partial charge in [-0.05, 0) is 24.3 Å². The van der Waals surface area contributed by atoms with Crippen LogP contribution in [0.15, 0.2) is 42.7 Å². The fourth-order valence-corrected chi connectivity index (χ4v) is 1.56. The Morgan fingerprint density at radius 2 is 1.94 bits per heavy atom. The van der Waals surface area contributed by atoms with Crippen LogP contribution >= 0.6 is 0 Å². The van der Waals surface area contributed by atoms with E-state index in [4.69, 9.17) is 9.47 Å². The van der Waals surface area contributed by atoms with Crippen molar-refractivity contribution in [1.29, 1.82) is 0 Å². The molecule has 0 atom stereocenters. The summed E-state index contributed by atoms with van der Waals surface area (Å²) >= 11 is 0. The number of hydrogen-bond acceptors (Lipinski definition) is 3. The third kappa shape index (κ3) is 1.98. The van der Waals surface area contributed by atoms with Gasteiger partial charge in [-0.3, -0.25) is 4.98 Å². The zero-order valence-corrected chi connectivity index (χ0v) is 9.31. The van der Waals surface area contributed by atoms with Gasteiger partial charge in [0.2, 0.25) is 0 Å². The SMILES string of the molecule is COc1ccc(OC)c(-c2cccnc2)c1. The Kier molecular flexibility index (Phi) is 3.05. The van der Waals surface area contributed by atoms with E-state index in [1.165, 1.54) is 0 Å². The molecule has 0 N–H and O–H groups in total. The first kappa shape index (κ1) is 10.5. The minimum atomic E-state index is 0.805. The molecule has 0 aliphatic heterocycles. The lowest BCUT2D eigenvalue weighted by Crippen LogP contribution is -1.90. The predicted octanol–water partition coefficient (Wildman–Crippen LogP) is 2.77. The van der Waals surface area contributed by atoms with Crippen LogP contribution in [0.5, 0.6) is 11.5 Å². The van der Waals surface area contributed by atoms with E-state index in [0.29, 0.717) is 0 Å². The molecule has 0 aliphatic carbocycles. The highest BCUT2D eigenvalue weighted by molar-refractivity contribution is 5.71.